The lowest BCUT2D eigenvalue weighted by Crippen LogP contribution is -2.24. The van der Waals surface area contributed by atoms with E-state index in [0.717, 1.165) is 12.8 Å². The van der Waals surface area contributed by atoms with Crippen molar-refractivity contribution in [1.29, 1.82) is 0 Å². The molecule has 0 aromatic rings. The topological polar surface area (TPSA) is 20.2 Å². The molecule has 0 heterocycles. The van der Waals surface area contributed by atoms with Crippen LogP contribution < -0.4 is 0 Å². The summed E-state index contributed by atoms with van der Waals surface area (Å²) in [5, 5.41) is 9.39. The summed E-state index contributed by atoms with van der Waals surface area (Å²) in [4.78, 5) is 0. The van der Waals surface area contributed by atoms with Gasteiger partial charge in [-0.15, -0.1) is 0 Å². The van der Waals surface area contributed by atoms with Gasteiger partial charge in [-0.05, 0) is 31.1 Å². The smallest absolute Gasteiger partial charge is 0.0515 e. The minimum Gasteiger partial charge on any atom is -0.393 e. The normalized spacial score (nSPS) is 28.9. The lowest BCUT2D eigenvalue weighted by atomic mass is 9.71. The van der Waals surface area contributed by atoms with E-state index in [1.165, 1.54) is 5.57 Å². The van der Waals surface area contributed by atoms with Crippen LogP contribution in [0.3, 0.4) is 0 Å². The maximum atomic E-state index is 9.39. The van der Waals surface area contributed by atoms with Crippen LogP contribution in [-0.4, -0.2) is 11.2 Å². The number of hydrogen-bond acceptors (Lipinski definition) is 1. The second kappa shape index (κ2) is 4.52. The molecule has 0 aromatic heterocycles. The summed E-state index contributed by atoms with van der Waals surface area (Å²) in [6, 6.07) is 0. The van der Waals surface area contributed by atoms with E-state index in [9.17, 15) is 5.11 Å². The molecule has 1 heteroatoms. The molecule has 15 heavy (non-hydrogen) atoms. The number of hydrogen-bond donors (Lipinski definition) is 1. The van der Waals surface area contributed by atoms with E-state index in [4.69, 9.17) is 0 Å². The molecule has 1 N–H and O–H groups in total. The van der Waals surface area contributed by atoms with Crippen molar-refractivity contribution in [2.45, 2.75) is 46.6 Å². The van der Waals surface area contributed by atoms with E-state index >= 15 is 0 Å². The molecule has 0 amide bonds. The summed E-state index contributed by atoms with van der Waals surface area (Å²) >= 11 is 0. The predicted molar refractivity (Wildman–Crippen MR) is 65.6 cm³/mol. The van der Waals surface area contributed by atoms with E-state index < -0.39 is 0 Å². The van der Waals surface area contributed by atoms with Gasteiger partial charge in [-0.2, -0.15) is 0 Å². The molecule has 0 fully saturated rings. The Labute approximate surface area is 93.9 Å². The quantitative estimate of drug-likeness (QED) is 0.703. The van der Waals surface area contributed by atoms with E-state index in [2.05, 4.69) is 39.5 Å². The van der Waals surface area contributed by atoms with Crippen LogP contribution in [0.1, 0.15) is 40.5 Å². The first-order chi connectivity index (χ1) is 6.82. The number of allylic oxidation sites excluding steroid dienone is 3. The van der Waals surface area contributed by atoms with Gasteiger partial charge in [-0.1, -0.05) is 45.1 Å². The minimum absolute atomic E-state index is 0.212. The maximum absolute atomic E-state index is 9.39. The Morgan fingerprint density at radius 1 is 1.53 bits per heavy atom. The molecular formula is C14H24O. The molecule has 0 radical (unpaired) electrons. The van der Waals surface area contributed by atoms with Crippen molar-refractivity contribution in [2.75, 3.05) is 0 Å². The second-order valence-corrected chi connectivity index (χ2v) is 5.77. The monoisotopic (exact) mass is 208 g/mol. The highest BCUT2D eigenvalue weighted by Gasteiger charge is 2.28. The first-order valence-electron chi connectivity index (χ1n) is 5.87. The number of aliphatic hydroxyl groups is 1. The van der Waals surface area contributed by atoms with Crippen molar-refractivity contribution in [3.05, 3.63) is 24.3 Å². The average Bonchev–Trinajstić information content (AvgIpc) is 1.99. The summed E-state index contributed by atoms with van der Waals surface area (Å²) < 4.78 is 0. The maximum Gasteiger partial charge on any atom is 0.0515 e. The number of rotatable bonds is 3. The lowest BCUT2D eigenvalue weighted by Gasteiger charge is -2.34. The minimum atomic E-state index is -0.212. The SMILES string of the molecule is C=C1CC(C)(C)C=CC1C(C)CC(C)O. The third-order valence-corrected chi connectivity index (χ3v) is 3.23. The molecule has 3 atom stereocenters. The summed E-state index contributed by atoms with van der Waals surface area (Å²) in [7, 11) is 0. The van der Waals surface area contributed by atoms with Gasteiger partial charge in [0.15, 0.2) is 0 Å². The number of aliphatic hydroxyl groups excluding tert-OH is 1. The molecule has 0 aromatic carbocycles. The zero-order valence-electron chi connectivity index (χ0n) is 10.5. The standard InChI is InChI=1S/C14H24O/c1-10(8-12(3)15)13-6-7-14(4,5)9-11(13)2/h6-7,10,12-13,15H,2,8-9H2,1,3-5H3. The average molecular weight is 208 g/mol. The van der Waals surface area contributed by atoms with Crippen molar-refractivity contribution in [1.82, 2.24) is 0 Å². The second-order valence-electron chi connectivity index (χ2n) is 5.77. The van der Waals surface area contributed by atoms with E-state index in [1.807, 2.05) is 6.92 Å². The Hall–Kier alpha value is -0.560. The molecule has 1 rings (SSSR count). The Morgan fingerprint density at radius 2 is 2.13 bits per heavy atom. The Kier molecular flexibility index (Phi) is 3.77. The molecule has 1 aliphatic rings. The summed E-state index contributed by atoms with van der Waals surface area (Å²) in [5.41, 5.74) is 1.58. The van der Waals surface area contributed by atoms with Crippen molar-refractivity contribution < 1.29 is 5.11 Å². The fourth-order valence-corrected chi connectivity index (χ4v) is 2.54. The molecule has 1 aliphatic carbocycles. The van der Waals surface area contributed by atoms with Gasteiger partial charge in [0.05, 0.1) is 6.10 Å². The molecule has 0 bridgehead atoms. The molecule has 0 saturated heterocycles. The highest BCUT2D eigenvalue weighted by Crippen LogP contribution is 2.39. The highest BCUT2D eigenvalue weighted by atomic mass is 16.3. The van der Waals surface area contributed by atoms with Gasteiger partial charge >= 0.3 is 0 Å². The molecule has 0 aliphatic heterocycles. The van der Waals surface area contributed by atoms with Crippen molar-refractivity contribution in [3.63, 3.8) is 0 Å². The van der Waals surface area contributed by atoms with Crippen LogP contribution in [0, 0.1) is 17.3 Å². The summed E-state index contributed by atoms with van der Waals surface area (Å²) in [6.07, 6.45) is 6.28. The third kappa shape index (κ3) is 3.49. The fraction of sp³-hybridized carbons (Fsp3) is 0.714. The van der Waals surface area contributed by atoms with Crippen LogP contribution in [0.15, 0.2) is 24.3 Å². The Bertz CT molecular complexity index is 261. The molecular weight excluding hydrogens is 184 g/mol. The van der Waals surface area contributed by atoms with Crippen molar-refractivity contribution in [2.24, 2.45) is 17.3 Å². The lowest BCUT2D eigenvalue weighted by molar-refractivity contribution is 0.155. The highest BCUT2D eigenvalue weighted by molar-refractivity contribution is 5.21. The van der Waals surface area contributed by atoms with Gasteiger partial charge < -0.3 is 5.11 Å². The van der Waals surface area contributed by atoms with Crippen LogP contribution in [-0.2, 0) is 0 Å². The molecule has 0 saturated carbocycles. The van der Waals surface area contributed by atoms with Gasteiger partial charge in [0.25, 0.3) is 0 Å². The first-order valence-corrected chi connectivity index (χ1v) is 5.87. The van der Waals surface area contributed by atoms with Gasteiger partial charge in [0.1, 0.15) is 0 Å². The fourth-order valence-electron chi connectivity index (χ4n) is 2.54. The molecule has 1 nitrogen and oxygen atoms in total. The zero-order valence-corrected chi connectivity index (χ0v) is 10.5. The first kappa shape index (κ1) is 12.5. The van der Waals surface area contributed by atoms with E-state index in [0.29, 0.717) is 11.8 Å². The van der Waals surface area contributed by atoms with E-state index in [-0.39, 0.29) is 11.5 Å². The van der Waals surface area contributed by atoms with Crippen LogP contribution in [0.5, 0.6) is 0 Å². The van der Waals surface area contributed by atoms with Crippen molar-refractivity contribution >= 4 is 0 Å². The predicted octanol–water partition coefficient (Wildman–Crippen LogP) is 3.55. The zero-order chi connectivity index (χ0) is 11.6. The molecule has 86 valence electrons. The van der Waals surface area contributed by atoms with Gasteiger partial charge in [0, 0.05) is 5.92 Å². The van der Waals surface area contributed by atoms with E-state index in [1.54, 1.807) is 0 Å². The van der Waals surface area contributed by atoms with Crippen LogP contribution >= 0.6 is 0 Å². The molecule has 3 unspecified atom stereocenters. The Morgan fingerprint density at radius 3 is 2.60 bits per heavy atom. The van der Waals surface area contributed by atoms with Gasteiger partial charge in [-0.3, -0.25) is 0 Å². The van der Waals surface area contributed by atoms with Crippen molar-refractivity contribution in [3.8, 4) is 0 Å². The Balaban J connectivity index is 2.68. The summed E-state index contributed by atoms with van der Waals surface area (Å²) in [5.74, 6) is 0.942. The summed E-state index contributed by atoms with van der Waals surface area (Å²) in [6.45, 7) is 12.7. The van der Waals surface area contributed by atoms with Gasteiger partial charge in [-0.25, -0.2) is 0 Å². The van der Waals surface area contributed by atoms with Gasteiger partial charge in [0.2, 0.25) is 0 Å². The van der Waals surface area contributed by atoms with Crippen LogP contribution in [0.4, 0.5) is 0 Å². The largest absolute Gasteiger partial charge is 0.393 e. The third-order valence-electron chi connectivity index (χ3n) is 3.23. The van der Waals surface area contributed by atoms with Crippen LogP contribution in [0.25, 0.3) is 0 Å². The molecule has 0 spiro atoms. The van der Waals surface area contributed by atoms with Crippen LogP contribution in [0.2, 0.25) is 0 Å².